The molecule has 0 aromatic carbocycles. The van der Waals surface area contributed by atoms with Crippen molar-refractivity contribution in [2.24, 2.45) is 0 Å². The molecule has 1 amide bonds. The number of fused-ring (bicyclic) bond motifs is 1. The van der Waals surface area contributed by atoms with Crippen LogP contribution in [0, 0.1) is 0 Å². The van der Waals surface area contributed by atoms with Crippen LogP contribution in [0.4, 0.5) is 13.2 Å². The van der Waals surface area contributed by atoms with Crippen LogP contribution in [0.25, 0.3) is 0 Å². The van der Waals surface area contributed by atoms with Crippen molar-refractivity contribution in [1.82, 2.24) is 15.1 Å². The second-order valence-corrected chi connectivity index (χ2v) is 6.78. The van der Waals surface area contributed by atoms with Crippen molar-refractivity contribution in [3.63, 3.8) is 0 Å². The molecule has 4 nitrogen and oxygen atoms in total. The van der Waals surface area contributed by atoms with E-state index in [9.17, 15) is 18.0 Å². The molecular weight excluding hydrogens is 355 g/mol. The van der Waals surface area contributed by atoms with E-state index in [2.05, 4.69) is 17.0 Å². The number of carbonyl (C=O) groups is 1. The number of amides is 1. The molecule has 0 unspecified atom stereocenters. The first-order valence-electron chi connectivity index (χ1n) is 9.17. The van der Waals surface area contributed by atoms with Crippen LogP contribution in [0.5, 0.6) is 0 Å². The zero-order chi connectivity index (χ0) is 20.0. The number of aryl methyl sites for hydroxylation is 1. The van der Waals surface area contributed by atoms with E-state index < -0.39 is 11.9 Å². The molecule has 0 spiro atoms. The van der Waals surface area contributed by atoms with Crippen molar-refractivity contribution >= 4 is 5.91 Å². The fourth-order valence-electron chi connectivity index (χ4n) is 3.17. The first kappa shape index (κ1) is 21.0. The van der Waals surface area contributed by atoms with Crippen LogP contribution in [0.15, 0.2) is 42.0 Å². The summed E-state index contributed by atoms with van der Waals surface area (Å²) in [5, 5.41) is 6.51. The van der Waals surface area contributed by atoms with Gasteiger partial charge in [0.15, 0.2) is 5.69 Å². The third kappa shape index (κ3) is 6.12. The van der Waals surface area contributed by atoms with Gasteiger partial charge < -0.3 is 5.32 Å². The lowest BCUT2D eigenvalue weighted by molar-refractivity contribution is -0.141. The molecule has 0 saturated carbocycles. The lowest BCUT2D eigenvalue weighted by atomic mass is 10.00. The number of aromatic nitrogens is 2. The molecule has 1 aromatic rings. The van der Waals surface area contributed by atoms with Crippen LogP contribution < -0.4 is 5.32 Å². The lowest BCUT2D eigenvalue weighted by Gasteiger charge is -2.17. The Morgan fingerprint density at radius 3 is 2.78 bits per heavy atom. The number of nitrogens with zero attached hydrogens (tertiary/aromatic N) is 2. The van der Waals surface area contributed by atoms with Gasteiger partial charge in [-0.2, -0.15) is 18.3 Å². The number of halogens is 3. The van der Waals surface area contributed by atoms with Gasteiger partial charge in [-0.25, -0.2) is 0 Å². The number of rotatable bonds is 2. The van der Waals surface area contributed by atoms with Crippen molar-refractivity contribution in [2.75, 3.05) is 0 Å². The Hall–Kier alpha value is -2.31. The summed E-state index contributed by atoms with van der Waals surface area (Å²) in [6.07, 6.45) is 4.49. The summed E-state index contributed by atoms with van der Waals surface area (Å²) in [6.45, 7) is 7.74. The predicted octanol–water partition coefficient (Wildman–Crippen LogP) is 4.58. The second-order valence-electron chi connectivity index (χ2n) is 6.78. The summed E-state index contributed by atoms with van der Waals surface area (Å²) in [7, 11) is 0. The van der Waals surface area contributed by atoms with Gasteiger partial charge in [0.25, 0.3) is 0 Å². The average Bonchev–Trinajstić information content (AvgIpc) is 2.96. The van der Waals surface area contributed by atoms with Gasteiger partial charge in [0.05, 0.1) is 0 Å². The smallest absolute Gasteiger partial charge is 0.351 e. The van der Waals surface area contributed by atoms with Gasteiger partial charge in [-0.3, -0.25) is 9.48 Å². The molecule has 0 aliphatic carbocycles. The van der Waals surface area contributed by atoms with Gasteiger partial charge >= 0.3 is 6.18 Å². The molecular formula is C20H26F3N3O. The van der Waals surface area contributed by atoms with Crippen LogP contribution in [0.1, 0.15) is 50.9 Å². The third-order valence-corrected chi connectivity index (χ3v) is 4.48. The number of hydrogen-bond acceptors (Lipinski definition) is 2. The highest BCUT2D eigenvalue weighted by Gasteiger charge is 2.35. The van der Waals surface area contributed by atoms with Crippen LogP contribution in [0.2, 0.25) is 0 Å². The van der Waals surface area contributed by atoms with E-state index >= 15 is 0 Å². The SMILES string of the molecule is C=C1/C=C(\C=C/C)CCCc2cc(C(F)(F)F)nn2CC(=O)N[C@H](CC)C1. The minimum absolute atomic E-state index is 0.116. The topological polar surface area (TPSA) is 46.9 Å². The van der Waals surface area contributed by atoms with E-state index in [1.165, 1.54) is 4.68 Å². The minimum atomic E-state index is -4.53. The highest BCUT2D eigenvalue weighted by Crippen LogP contribution is 2.29. The fourth-order valence-corrected chi connectivity index (χ4v) is 3.17. The Balaban J connectivity index is 2.35. The number of allylic oxidation sites excluding steroid dienone is 4. The van der Waals surface area contributed by atoms with E-state index in [0.717, 1.165) is 17.2 Å². The molecule has 2 rings (SSSR count). The standard InChI is InChI=1S/C20H26F3N3O/c1-4-7-15-8-6-9-17-12-18(20(21,22)23)25-26(17)13-19(27)24-16(5-2)11-14(3)10-15/h4,7,10,12,16H,3,5-6,8-9,11,13H2,1-2H3,(H,24,27)/b7-4-,15-10+/t16-/m1/s1. The number of alkyl halides is 3. The van der Waals surface area contributed by atoms with E-state index in [1.54, 1.807) is 0 Å². The van der Waals surface area contributed by atoms with Crippen LogP contribution in [-0.2, 0) is 23.9 Å². The van der Waals surface area contributed by atoms with Gasteiger partial charge in [-0.05, 0) is 50.7 Å². The molecule has 7 heteroatoms. The molecule has 27 heavy (non-hydrogen) atoms. The van der Waals surface area contributed by atoms with Gasteiger partial charge in [-0.15, -0.1) is 0 Å². The summed E-state index contributed by atoms with van der Waals surface area (Å²) >= 11 is 0. The molecule has 2 heterocycles. The summed E-state index contributed by atoms with van der Waals surface area (Å²) in [5.74, 6) is -0.343. The van der Waals surface area contributed by atoms with Crippen molar-refractivity contribution in [2.45, 2.75) is 64.7 Å². The maximum Gasteiger partial charge on any atom is 0.435 e. The molecule has 1 aromatic heterocycles. The highest BCUT2D eigenvalue weighted by molar-refractivity contribution is 5.76. The molecule has 0 bridgehead atoms. The Labute approximate surface area is 157 Å². The molecule has 0 radical (unpaired) electrons. The van der Waals surface area contributed by atoms with Crippen molar-refractivity contribution in [3.8, 4) is 0 Å². The fraction of sp³-hybridized carbons (Fsp3) is 0.500. The van der Waals surface area contributed by atoms with Crippen LogP contribution in [0.3, 0.4) is 0 Å². The lowest BCUT2D eigenvalue weighted by Crippen LogP contribution is -2.37. The normalized spacial score (nSPS) is 22.3. The summed E-state index contributed by atoms with van der Waals surface area (Å²) in [4.78, 5) is 12.3. The third-order valence-electron chi connectivity index (χ3n) is 4.48. The highest BCUT2D eigenvalue weighted by atomic mass is 19.4. The van der Waals surface area contributed by atoms with Gasteiger partial charge in [0.1, 0.15) is 6.54 Å². The summed E-state index contributed by atoms with van der Waals surface area (Å²) in [5.41, 5.74) is 1.46. The zero-order valence-electron chi connectivity index (χ0n) is 15.8. The van der Waals surface area contributed by atoms with Crippen molar-refractivity contribution in [1.29, 1.82) is 0 Å². The quantitative estimate of drug-likeness (QED) is 0.815. The zero-order valence-corrected chi connectivity index (χ0v) is 15.8. The number of nitrogens with one attached hydrogen (secondary N) is 1. The summed E-state index contributed by atoms with van der Waals surface area (Å²) < 4.78 is 40.3. The first-order valence-corrected chi connectivity index (χ1v) is 9.17. The Morgan fingerprint density at radius 2 is 2.15 bits per heavy atom. The monoisotopic (exact) mass is 381 g/mol. The van der Waals surface area contributed by atoms with Crippen LogP contribution >= 0.6 is 0 Å². The Kier molecular flexibility index (Phi) is 7.05. The first-order chi connectivity index (χ1) is 12.7. The van der Waals surface area contributed by atoms with Crippen molar-refractivity contribution < 1.29 is 18.0 Å². The van der Waals surface area contributed by atoms with Crippen molar-refractivity contribution in [3.05, 3.63) is 53.4 Å². The number of hydrogen-bond donors (Lipinski definition) is 1. The van der Waals surface area contributed by atoms with E-state index in [-0.39, 0.29) is 18.5 Å². The minimum Gasteiger partial charge on any atom is -0.351 e. The predicted molar refractivity (Wildman–Crippen MR) is 99.0 cm³/mol. The van der Waals surface area contributed by atoms with E-state index in [1.807, 2.05) is 32.1 Å². The molecule has 1 atom stereocenters. The molecule has 0 saturated heterocycles. The molecule has 1 N–H and O–H groups in total. The largest absolute Gasteiger partial charge is 0.435 e. The Bertz CT molecular complexity index is 744. The molecule has 0 fully saturated rings. The number of carbonyl (C=O) groups excluding carboxylic acids is 1. The maximum absolute atomic E-state index is 13.0. The van der Waals surface area contributed by atoms with Gasteiger partial charge in [0.2, 0.25) is 5.91 Å². The van der Waals surface area contributed by atoms with Crippen LogP contribution in [-0.4, -0.2) is 21.7 Å². The molecule has 1 aliphatic heterocycles. The average molecular weight is 381 g/mol. The molecule has 148 valence electrons. The Morgan fingerprint density at radius 1 is 1.41 bits per heavy atom. The van der Waals surface area contributed by atoms with E-state index in [0.29, 0.717) is 37.8 Å². The second kappa shape index (κ2) is 9.06. The summed E-state index contributed by atoms with van der Waals surface area (Å²) in [6, 6.07) is 0.928. The van der Waals surface area contributed by atoms with Gasteiger partial charge in [0, 0.05) is 11.7 Å². The van der Waals surface area contributed by atoms with E-state index in [4.69, 9.17) is 0 Å². The van der Waals surface area contributed by atoms with Gasteiger partial charge in [-0.1, -0.05) is 37.3 Å². The molecule has 1 aliphatic rings. The maximum atomic E-state index is 13.0.